The van der Waals surface area contributed by atoms with E-state index in [1.807, 2.05) is 39.0 Å². The predicted molar refractivity (Wildman–Crippen MR) is 124 cm³/mol. The fourth-order valence-electron chi connectivity index (χ4n) is 4.27. The molecule has 2 amide bonds. The minimum Gasteiger partial charge on any atom is -0.343 e. The zero-order valence-corrected chi connectivity index (χ0v) is 18.6. The summed E-state index contributed by atoms with van der Waals surface area (Å²) >= 11 is 0. The Morgan fingerprint density at radius 1 is 1.16 bits per heavy atom. The van der Waals surface area contributed by atoms with E-state index in [1.165, 1.54) is 5.56 Å². The summed E-state index contributed by atoms with van der Waals surface area (Å²) in [7, 11) is 0. The molecule has 0 aliphatic carbocycles. The van der Waals surface area contributed by atoms with Gasteiger partial charge in [0, 0.05) is 18.1 Å². The zero-order valence-electron chi connectivity index (χ0n) is 18.6. The van der Waals surface area contributed by atoms with Crippen LogP contribution in [0.25, 0.3) is 22.0 Å². The van der Waals surface area contributed by atoms with Crippen LogP contribution in [-0.2, 0) is 4.79 Å². The highest BCUT2D eigenvalue weighted by molar-refractivity contribution is 6.07. The fraction of sp³-hybridized carbons (Fsp3) is 0.308. The summed E-state index contributed by atoms with van der Waals surface area (Å²) in [5.41, 5.74) is 4.31. The number of aryl methyl sites for hydroxylation is 1. The number of fused-ring (bicyclic) bond motifs is 1. The quantitative estimate of drug-likeness (QED) is 0.681. The van der Waals surface area contributed by atoms with Crippen molar-refractivity contribution in [1.82, 2.24) is 15.2 Å². The molecule has 1 saturated heterocycles. The Kier molecular flexibility index (Phi) is 5.67. The van der Waals surface area contributed by atoms with Crippen LogP contribution in [0.4, 0.5) is 0 Å². The first kappa shape index (κ1) is 21.5. The summed E-state index contributed by atoms with van der Waals surface area (Å²) in [4.78, 5) is 31.6. The molecule has 2 heterocycles. The van der Waals surface area contributed by atoms with Gasteiger partial charge in [0.2, 0.25) is 5.91 Å². The number of likely N-dealkylation sites (tertiary alicyclic amines) is 1. The molecule has 0 saturated carbocycles. The molecule has 1 unspecified atom stereocenters. The normalized spacial score (nSPS) is 17.2. The van der Waals surface area contributed by atoms with Gasteiger partial charge in [-0.25, -0.2) is 0 Å². The van der Waals surface area contributed by atoms with Crippen LogP contribution >= 0.6 is 0 Å². The second-order valence-electron chi connectivity index (χ2n) is 9.17. The Labute approximate surface area is 187 Å². The minimum absolute atomic E-state index is 0.103. The maximum absolute atomic E-state index is 13.0. The van der Waals surface area contributed by atoms with E-state index < -0.39 is 6.04 Å². The molecule has 162 valence electrons. The standard InChI is InChI=1S/C26H26N4O2/c1-17-4-6-18(7-5-17)19-8-9-23-22(12-19)21(10-11-28-23)25(32)29-15-24(31)30-16-26(2,3)13-20(30)14-27/h4-12,20H,13,15-16H2,1-3H3,(H,29,32). The number of amides is 2. The van der Waals surface area contributed by atoms with E-state index in [1.54, 1.807) is 17.2 Å². The first-order chi connectivity index (χ1) is 15.3. The van der Waals surface area contributed by atoms with Crippen molar-refractivity contribution in [3.63, 3.8) is 0 Å². The molecule has 32 heavy (non-hydrogen) atoms. The highest BCUT2D eigenvalue weighted by Gasteiger charge is 2.39. The average molecular weight is 427 g/mol. The number of benzene rings is 2. The van der Waals surface area contributed by atoms with Gasteiger partial charge in [-0.2, -0.15) is 5.26 Å². The Morgan fingerprint density at radius 3 is 2.59 bits per heavy atom. The number of carbonyl (C=O) groups excluding carboxylic acids is 2. The minimum atomic E-state index is -0.451. The molecule has 1 fully saturated rings. The number of nitrogens with zero attached hydrogens (tertiary/aromatic N) is 3. The van der Waals surface area contributed by atoms with Crippen molar-refractivity contribution in [2.24, 2.45) is 5.41 Å². The van der Waals surface area contributed by atoms with Crippen molar-refractivity contribution < 1.29 is 9.59 Å². The monoisotopic (exact) mass is 426 g/mol. The Bertz CT molecular complexity index is 1220. The number of pyridine rings is 1. The lowest BCUT2D eigenvalue weighted by Gasteiger charge is -2.21. The van der Waals surface area contributed by atoms with E-state index in [2.05, 4.69) is 40.6 Å². The molecule has 6 heteroatoms. The molecular weight excluding hydrogens is 400 g/mol. The van der Waals surface area contributed by atoms with Crippen LogP contribution in [0.3, 0.4) is 0 Å². The van der Waals surface area contributed by atoms with Gasteiger partial charge >= 0.3 is 0 Å². The number of nitriles is 1. The highest BCUT2D eigenvalue weighted by atomic mass is 16.2. The molecule has 1 N–H and O–H groups in total. The largest absolute Gasteiger partial charge is 0.343 e. The van der Waals surface area contributed by atoms with Gasteiger partial charge < -0.3 is 10.2 Å². The number of rotatable bonds is 4. The van der Waals surface area contributed by atoms with Gasteiger partial charge in [0.05, 0.1) is 23.7 Å². The van der Waals surface area contributed by atoms with Crippen molar-refractivity contribution >= 4 is 22.7 Å². The second kappa shape index (κ2) is 8.43. The number of aromatic nitrogens is 1. The lowest BCUT2D eigenvalue weighted by atomic mass is 9.91. The summed E-state index contributed by atoms with van der Waals surface area (Å²) in [6, 6.07) is 17.5. The molecule has 0 spiro atoms. The first-order valence-corrected chi connectivity index (χ1v) is 10.7. The van der Waals surface area contributed by atoms with Gasteiger partial charge in [-0.15, -0.1) is 0 Å². The lowest BCUT2D eigenvalue weighted by Crippen LogP contribution is -2.42. The average Bonchev–Trinajstić information content (AvgIpc) is 3.11. The molecule has 1 aliphatic rings. The Balaban J connectivity index is 1.54. The van der Waals surface area contributed by atoms with Crippen LogP contribution < -0.4 is 5.32 Å². The van der Waals surface area contributed by atoms with Gasteiger partial charge in [-0.05, 0) is 48.1 Å². The summed E-state index contributed by atoms with van der Waals surface area (Å²) < 4.78 is 0. The van der Waals surface area contributed by atoms with Crippen molar-refractivity contribution in [2.75, 3.05) is 13.1 Å². The summed E-state index contributed by atoms with van der Waals surface area (Å²) in [5, 5.41) is 12.9. The predicted octanol–water partition coefficient (Wildman–Crippen LogP) is 4.09. The van der Waals surface area contributed by atoms with Crippen molar-refractivity contribution in [2.45, 2.75) is 33.2 Å². The number of carbonyl (C=O) groups is 2. The van der Waals surface area contributed by atoms with E-state index in [-0.39, 0.29) is 23.8 Å². The van der Waals surface area contributed by atoms with E-state index in [4.69, 9.17) is 0 Å². The topological polar surface area (TPSA) is 86.1 Å². The summed E-state index contributed by atoms with van der Waals surface area (Å²) in [5.74, 6) is -0.576. The van der Waals surface area contributed by atoms with Crippen molar-refractivity contribution in [3.05, 3.63) is 65.9 Å². The third-order valence-corrected chi connectivity index (χ3v) is 5.96. The molecule has 0 bridgehead atoms. The van der Waals surface area contributed by atoms with Crippen molar-refractivity contribution in [3.8, 4) is 17.2 Å². The van der Waals surface area contributed by atoms with Crippen LogP contribution in [0.15, 0.2) is 54.7 Å². The van der Waals surface area contributed by atoms with Gasteiger partial charge in [0.25, 0.3) is 5.91 Å². The van der Waals surface area contributed by atoms with E-state index in [9.17, 15) is 14.9 Å². The second-order valence-corrected chi connectivity index (χ2v) is 9.17. The van der Waals surface area contributed by atoms with E-state index in [0.29, 0.717) is 24.0 Å². The van der Waals surface area contributed by atoms with Crippen LogP contribution in [0.5, 0.6) is 0 Å². The van der Waals surface area contributed by atoms with Crippen LogP contribution in [0.2, 0.25) is 0 Å². The highest BCUT2D eigenvalue weighted by Crippen LogP contribution is 2.33. The molecule has 1 atom stereocenters. The van der Waals surface area contributed by atoms with Gasteiger partial charge in [0.15, 0.2) is 0 Å². The Morgan fingerprint density at radius 2 is 1.88 bits per heavy atom. The molecular formula is C26H26N4O2. The third-order valence-electron chi connectivity index (χ3n) is 5.96. The third kappa shape index (κ3) is 4.33. The number of nitrogens with one attached hydrogen (secondary N) is 1. The lowest BCUT2D eigenvalue weighted by molar-refractivity contribution is -0.130. The number of hydrogen-bond acceptors (Lipinski definition) is 4. The zero-order chi connectivity index (χ0) is 22.9. The SMILES string of the molecule is Cc1ccc(-c2ccc3nccc(C(=O)NCC(=O)N4CC(C)(C)CC4C#N)c3c2)cc1. The van der Waals surface area contributed by atoms with E-state index >= 15 is 0 Å². The Hall–Kier alpha value is -3.72. The van der Waals surface area contributed by atoms with Crippen LogP contribution in [0.1, 0.15) is 36.2 Å². The molecule has 1 aromatic heterocycles. The van der Waals surface area contributed by atoms with Crippen LogP contribution in [0, 0.1) is 23.7 Å². The first-order valence-electron chi connectivity index (χ1n) is 10.7. The van der Waals surface area contributed by atoms with Gasteiger partial charge in [-0.3, -0.25) is 14.6 Å². The molecule has 1 aliphatic heterocycles. The molecule has 4 rings (SSSR count). The van der Waals surface area contributed by atoms with Gasteiger partial charge in [0.1, 0.15) is 6.04 Å². The summed E-state index contributed by atoms with van der Waals surface area (Å²) in [6.07, 6.45) is 2.24. The molecule has 6 nitrogen and oxygen atoms in total. The maximum Gasteiger partial charge on any atom is 0.252 e. The van der Waals surface area contributed by atoms with Crippen LogP contribution in [-0.4, -0.2) is 40.8 Å². The molecule has 3 aromatic rings. The molecule has 2 aromatic carbocycles. The smallest absolute Gasteiger partial charge is 0.252 e. The molecule has 0 radical (unpaired) electrons. The summed E-state index contributed by atoms with van der Waals surface area (Å²) in [6.45, 7) is 6.49. The van der Waals surface area contributed by atoms with E-state index in [0.717, 1.165) is 16.5 Å². The van der Waals surface area contributed by atoms with Crippen molar-refractivity contribution in [1.29, 1.82) is 5.26 Å². The number of hydrogen-bond donors (Lipinski definition) is 1. The van der Waals surface area contributed by atoms with Gasteiger partial charge in [-0.1, -0.05) is 49.7 Å². The maximum atomic E-state index is 13.0. The fourth-order valence-corrected chi connectivity index (χ4v) is 4.27.